The molecular formula is C18H14BrF2N7O3S. The van der Waals surface area contributed by atoms with Crippen LogP contribution in [0, 0.1) is 0 Å². The fourth-order valence-electron chi connectivity index (χ4n) is 3.17. The molecule has 3 aromatic rings. The number of alkyl halides is 2. The normalized spacial score (nSPS) is 15.2. The van der Waals surface area contributed by atoms with Crippen molar-refractivity contribution < 1.29 is 23.2 Å². The molecule has 1 aliphatic rings. The van der Waals surface area contributed by atoms with E-state index >= 15 is 0 Å². The Morgan fingerprint density at radius 1 is 1.34 bits per heavy atom. The maximum Gasteiger partial charge on any atom is 0.352 e. The molecule has 1 aliphatic heterocycles. The lowest BCUT2D eigenvalue weighted by atomic mass is 10.0. The molecule has 166 valence electrons. The molecule has 0 saturated carbocycles. The van der Waals surface area contributed by atoms with Crippen LogP contribution in [0.5, 0.6) is 0 Å². The second kappa shape index (κ2) is 7.70. The van der Waals surface area contributed by atoms with E-state index in [2.05, 4.69) is 36.3 Å². The molecule has 1 atom stereocenters. The SMILES string of the molecule is CC(c1ncnn1-c1ncc(C(N)=O)s1)N(C)C(=O)c1cc(Br)cc2c1NC(=O)C2(F)F. The van der Waals surface area contributed by atoms with Gasteiger partial charge in [0.25, 0.3) is 17.7 Å². The standard InChI is InChI=1S/C18H14BrF2N7O3S/c1-7(14-24-6-25-28(14)17-23-5-11(32-17)13(22)29)27(2)15(30)9-3-8(19)4-10-12(9)26-16(31)18(10,20)21/h3-7H,1-2H3,(H2,22,29)(H,26,31). The van der Waals surface area contributed by atoms with Gasteiger partial charge in [-0.25, -0.2) is 9.97 Å². The molecule has 32 heavy (non-hydrogen) atoms. The lowest BCUT2D eigenvalue weighted by Crippen LogP contribution is -2.32. The quantitative estimate of drug-likeness (QED) is 0.525. The van der Waals surface area contributed by atoms with Crippen molar-refractivity contribution in [1.29, 1.82) is 0 Å². The molecule has 2 aromatic heterocycles. The van der Waals surface area contributed by atoms with Crippen LogP contribution in [0.2, 0.25) is 0 Å². The molecule has 0 aliphatic carbocycles. The summed E-state index contributed by atoms with van der Waals surface area (Å²) in [6, 6.07) is 1.78. The topological polar surface area (TPSA) is 136 Å². The molecule has 0 saturated heterocycles. The highest BCUT2D eigenvalue weighted by molar-refractivity contribution is 9.10. The maximum absolute atomic E-state index is 14.2. The van der Waals surface area contributed by atoms with Crippen molar-refractivity contribution in [3.8, 4) is 5.13 Å². The monoisotopic (exact) mass is 525 g/mol. The largest absolute Gasteiger partial charge is 0.365 e. The first-order chi connectivity index (χ1) is 15.0. The predicted molar refractivity (Wildman–Crippen MR) is 113 cm³/mol. The van der Waals surface area contributed by atoms with Crippen molar-refractivity contribution in [1.82, 2.24) is 24.6 Å². The lowest BCUT2D eigenvalue weighted by Gasteiger charge is -2.25. The summed E-state index contributed by atoms with van der Waals surface area (Å²) in [5.41, 5.74) is 4.34. The van der Waals surface area contributed by atoms with Crippen LogP contribution in [-0.2, 0) is 10.7 Å². The number of thiazole rings is 1. The van der Waals surface area contributed by atoms with Gasteiger partial charge in [0.05, 0.1) is 29.1 Å². The summed E-state index contributed by atoms with van der Waals surface area (Å²) < 4.78 is 30.0. The Kier molecular flexibility index (Phi) is 5.29. The average molecular weight is 526 g/mol. The Labute approximate surface area is 191 Å². The summed E-state index contributed by atoms with van der Waals surface area (Å²) in [5.74, 6) is -6.20. The van der Waals surface area contributed by atoms with E-state index in [1.165, 1.54) is 35.2 Å². The van der Waals surface area contributed by atoms with E-state index in [0.717, 1.165) is 17.4 Å². The van der Waals surface area contributed by atoms with E-state index in [1.807, 2.05) is 0 Å². The highest BCUT2D eigenvalue weighted by atomic mass is 79.9. The average Bonchev–Trinajstić information content (AvgIpc) is 3.45. The first kappa shape index (κ1) is 22.0. The number of carbonyl (C=O) groups excluding carboxylic acids is 3. The van der Waals surface area contributed by atoms with E-state index in [0.29, 0.717) is 11.0 Å². The van der Waals surface area contributed by atoms with Gasteiger partial charge in [0.1, 0.15) is 11.2 Å². The van der Waals surface area contributed by atoms with Gasteiger partial charge in [0.15, 0.2) is 5.82 Å². The van der Waals surface area contributed by atoms with Crippen LogP contribution >= 0.6 is 27.3 Å². The van der Waals surface area contributed by atoms with Gasteiger partial charge in [0.2, 0.25) is 5.13 Å². The zero-order chi connectivity index (χ0) is 23.4. The molecule has 1 aromatic carbocycles. The van der Waals surface area contributed by atoms with Gasteiger partial charge in [-0.2, -0.15) is 18.6 Å². The molecule has 1 unspecified atom stereocenters. The summed E-state index contributed by atoms with van der Waals surface area (Å²) in [6.45, 7) is 1.66. The summed E-state index contributed by atoms with van der Waals surface area (Å²) in [5, 5.41) is 6.51. The Bertz CT molecular complexity index is 1280. The van der Waals surface area contributed by atoms with E-state index in [1.54, 1.807) is 6.92 Å². The van der Waals surface area contributed by atoms with E-state index in [4.69, 9.17) is 5.73 Å². The molecule has 3 amide bonds. The van der Waals surface area contributed by atoms with Gasteiger partial charge in [-0.05, 0) is 19.1 Å². The number of hydrogen-bond donors (Lipinski definition) is 2. The molecule has 0 bridgehead atoms. The van der Waals surface area contributed by atoms with Gasteiger partial charge < -0.3 is 16.0 Å². The molecule has 4 rings (SSSR count). The molecule has 14 heteroatoms. The van der Waals surface area contributed by atoms with Crippen molar-refractivity contribution in [2.45, 2.75) is 18.9 Å². The van der Waals surface area contributed by atoms with Crippen molar-refractivity contribution in [3.63, 3.8) is 0 Å². The third-order valence-electron chi connectivity index (χ3n) is 4.96. The fraction of sp³-hybridized carbons (Fsp3) is 0.222. The maximum atomic E-state index is 14.2. The highest BCUT2D eigenvalue weighted by Gasteiger charge is 2.50. The lowest BCUT2D eigenvalue weighted by molar-refractivity contribution is -0.139. The zero-order valence-electron chi connectivity index (χ0n) is 16.5. The molecule has 0 fully saturated rings. The van der Waals surface area contributed by atoms with Gasteiger partial charge in [-0.15, -0.1) is 0 Å². The van der Waals surface area contributed by atoms with Crippen LogP contribution in [-0.4, -0.2) is 49.4 Å². The number of halogens is 3. The summed E-state index contributed by atoms with van der Waals surface area (Å²) in [4.78, 5) is 46.1. The zero-order valence-corrected chi connectivity index (χ0v) is 18.9. The number of nitrogens with one attached hydrogen (secondary N) is 1. The number of nitrogens with two attached hydrogens (primary N) is 1. The van der Waals surface area contributed by atoms with Crippen LogP contribution in [0.15, 0.2) is 29.1 Å². The molecule has 0 spiro atoms. The molecule has 10 nitrogen and oxygen atoms in total. The number of fused-ring (bicyclic) bond motifs is 1. The van der Waals surface area contributed by atoms with Crippen LogP contribution in [0.1, 0.15) is 44.4 Å². The Hall–Kier alpha value is -3.26. The van der Waals surface area contributed by atoms with E-state index in [-0.39, 0.29) is 20.6 Å². The van der Waals surface area contributed by atoms with Crippen molar-refractivity contribution in [2.75, 3.05) is 12.4 Å². The minimum atomic E-state index is -3.75. The van der Waals surface area contributed by atoms with Gasteiger partial charge in [-0.3, -0.25) is 14.4 Å². The van der Waals surface area contributed by atoms with Crippen LogP contribution in [0.25, 0.3) is 5.13 Å². The van der Waals surface area contributed by atoms with E-state index < -0.39 is 35.2 Å². The van der Waals surface area contributed by atoms with Crippen molar-refractivity contribution in [2.24, 2.45) is 5.73 Å². The number of nitrogens with zero attached hydrogens (tertiary/aromatic N) is 5. The number of aromatic nitrogens is 4. The first-order valence-electron chi connectivity index (χ1n) is 8.98. The number of primary amides is 1. The van der Waals surface area contributed by atoms with Gasteiger partial charge >= 0.3 is 5.92 Å². The Morgan fingerprint density at radius 2 is 2.06 bits per heavy atom. The smallest absolute Gasteiger partial charge is 0.352 e. The number of carbonyl (C=O) groups is 3. The van der Waals surface area contributed by atoms with Crippen LogP contribution in [0.4, 0.5) is 14.5 Å². The fourth-order valence-corrected chi connectivity index (χ4v) is 4.36. The minimum Gasteiger partial charge on any atom is -0.365 e. The summed E-state index contributed by atoms with van der Waals surface area (Å²) in [6.07, 6.45) is 2.56. The Morgan fingerprint density at radius 3 is 2.72 bits per heavy atom. The molecular weight excluding hydrogens is 512 g/mol. The number of anilines is 1. The Balaban J connectivity index is 1.68. The number of benzene rings is 1. The van der Waals surface area contributed by atoms with Crippen LogP contribution in [0.3, 0.4) is 0 Å². The molecule has 0 radical (unpaired) electrons. The third-order valence-corrected chi connectivity index (χ3v) is 6.41. The number of hydrogen-bond acceptors (Lipinski definition) is 7. The van der Waals surface area contributed by atoms with Crippen molar-refractivity contribution in [3.05, 3.63) is 51.0 Å². The van der Waals surface area contributed by atoms with Gasteiger partial charge in [0, 0.05) is 11.5 Å². The minimum absolute atomic E-state index is 0.106. The summed E-state index contributed by atoms with van der Waals surface area (Å²) in [7, 11) is 1.46. The molecule has 3 heterocycles. The van der Waals surface area contributed by atoms with Crippen LogP contribution < -0.4 is 11.1 Å². The first-order valence-corrected chi connectivity index (χ1v) is 10.6. The second-order valence-electron chi connectivity index (χ2n) is 6.90. The highest BCUT2D eigenvalue weighted by Crippen LogP contribution is 2.44. The number of rotatable bonds is 5. The third kappa shape index (κ3) is 3.44. The molecule has 3 N–H and O–H groups in total. The van der Waals surface area contributed by atoms with E-state index in [9.17, 15) is 23.2 Å². The second-order valence-corrected chi connectivity index (χ2v) is 8.82. The number of amides is 3. The van der Waals surface area contributed by atoms with Crippen molar-refractivity contribution >= 4 is 50.7 Å². The van der Waals surface area contributed by atoms with Gasteiger partial charge in [-0.1, -0.05) is 27.3 Å². The predicted octanol–water partition coefficient (Wildman–Crippen LogP) is 2.46. The summed E-state index contributed by atoms with van der Waals surface area (Å²) >= 11 is 4.12.